The minimum Gasteiger partial charge on any atom is -0.471 e. The zero-order valence-corrected chi connectivity index (χ0v) is 12.6. The Morgan fingerprint density at radius 1 is 0.909 bits per heavy atom. The van der Waals surface area contributed by atoms with Crippen LogP contribution in [0.5, 0.6) is 5.75 Å². The fourth-order valence-corrected chi connectivity index (χ4v) is 3.28. The summed E-state index contributed by atoms with van der Waals surface area (Å²) in [7, 11) is 0. The van der Waals surface area contributed by atoms with E-state index >= 15 is 0 Å². The van der Waals surface area contributed by atoms with Crippen molar-refractivity contribution in [1.82, 2.24) is 5.32 Å². The summed E-state index contributed by atoms with van der Waals surface area (Å²) in [5, 5.41) is 6.20. The molecule has 0 bridgehead atoms. The number of nitrogens with one attached hydrogen (secondary N) is 1. The molecule has 22 heavy (non-hydrogen) atoms. The van der Waals surface area contributed by atoms with Crippen LogP contribution in [0.2, 0.25) is 0 Å². The van der Waals surface area contributed by atoms with E-state index in [-0.39, 0.29) is 6.23 Å². The second-order valence-electron chi connectivity index (χ2n) is 5.73. The highest BCUT2D eigenvalue weighted by Gasteiger charge is 2.28. The highest BCUT2D eigenvalue weighted by Crippen LogP contribution is 2.40. The molecule has 2 heteroatoms. The summed E-state index contributed by atoms with van der Waals surface area (Å²) in [6.45, 7) is 2.22. The number of fused-ring (bicyclic) bond motifs is 3. The molecule has 2 atom stereocenters. The van der Waals surface area contributed by atoms with Crippen LogP contribution < -0.4 is 10.1 Å². The fourth-order valence-electron chi connectivity index (χ4n) is 3.28. The van der Waals surface area contributed by atoms with Gasteiger partial charge in [0.05, 0.1) is 0 Å². The van der Waals surface area contributed by atoms with E-state index in [9.17, 15) is 0 Å². The van der Waals surface area contributed by atoms with E-state index in [1.54, 1.807) is 0 Å². The monoisotopic (exact) mass is 289 g/mol. The zero-order valence-electron chi connectivity index (χ0n) is 12.6. The van der Waals surface area contributed by atoms with Crippen LogP contribution in [-0.2, 0) is 0 Å². The summed E-state index contributed by atoms with van der Waals surface area (Å²) in [6.07, 6.45) is 0.952. The second kappa shape index (κ2) is 5.47. The molecule has 0 aliphatic carbocycles. The van der Waals surface area contributed by atoms with Crippen molar-refractivity contribution in [3.8, 4) is 5.75 Å². The normalized spacial score (nSPS) is 20.4. The summed E-state index contributed by atoms with van der Waals surface area (Å²) in [5.74, 6) is 0.998. The van der Waals surface area contributed by atoms with Gasteiger partial charge in [0.15, 0.2) is 6.23 Å². The van der Waals surface area contributed by atoms with Gasteiger partial charge in [0.25, 0.3) is 0 Å². The standard InChI is InChI=1S/C20H19NO/c1-2-17-19-16-11-7-6-8-14(16)12-13-18(19)22-20(21-17)15-9-4-3-5-10-15/h3-13,17,20-21H,2H2,1H3/t17-,20-/m1/s1. The van der Waals surface area contributed by atoms with Crippen LogP contribution in [0.4, 0.5) is 0 Å². The number of hydrogen-bond acceptors (Lipinski definition) is 2. The molecule has 110 valence electrons. The second-order valence-corrected chi connectivity index (χ2v) is 5.73. The third kappa shape index (κ3) is 2.16. The van der Waals surface area contributed by atoms with Gasteiger partial charge >= 0.3 is 0 Å². The molecule has 0 saturated carbocycles. The third-order valence-corrected chi connectivity index (χ3v) is 4.39. The molecule has 1 N–H and O–H groups in total. The molecule has 0 unspecified atom stereocenters. The SMILES string of the molecule is CC[C@H]1N[C@@H](c2ccccc2)Oc2ccc3ccccc3c21. The average Bonchev–Trinajstić information content (AvgIpc) is 2.61. The van der Waals surface area contributed by atoms with E-state index in [1.807, 2.05) is 6.07 Å². The summed E-state index contributed by atoms with van der Waals surface area (Å²) in [4.78, 5) is 0. The minimum absolute atomic E-state index is 0.0835. The van der Waals surface area contributed by atoms with Gasteiger partial charge in [-0.25, -0.2) is 0 Å². The van der Waals surface area contributed by atoms with E-state index in [0.29, 0.717) is 6.04 Å². The molecule has 1 heterocycles. The predicted molar refractivity (Wildman–Crippen MR) is 89.9 cm³/mol. The highest BCUT2D eigenvalue weighted by atomic mass is 16.5. The van der Waals surface area contributed by atoms with Crippen LogP contribution in [-0.4, -0.2) is 0 Å². The first kappa shape index (κ1) is 13.4. The number of ether oxygens (including phenoxy) is 1. The summed E-state index contributed by atoms with van der Waals surface area (Å²) < 4.78 is 6.25. The van der Waals surface area contributed by atoms with Crippen molar-refractivity contribution >= 4 is 10.8 Å². The third-order valence-electron chi connectivity index (χ3n) is 4.39. The first-order valence-corrected chi connectivity index (χ1v) is 7.86. The van der Waals surface area contributed by atoms with Crippen LogP contribution in [0.3, 0.4) is 0 Å². The molecule has 0 spiro atoms. The Labute approximate surface area is 130 Å². The molecular weight excluding hydrogens is 270 g/mol. The lowest BCUT2D eigenvalue weighted by molar-refractivity contribution is 0.124. The van der Waals surface area contributed by atoms with Crippen LogP contribution in [0.25, 0.3) is 10.8 Å². The Morgan fingerprint density at radius 3 is 2.50 bits per heavy atom. The Balaban J connectivity index is 1.83. The first-order chi connectivity index (χ1) is 10.9. The van der Waals surface area contributed by atoms with Gasteiger partial charge in [0, 0.05) is 17.2 Å². The lowest BCUT2D eigenvalue weighted by Gasteiger charge is -2.34. The van der Waals surface area contributed by atoms with Crippen molar-refractivity contribution in [2.24, 2.45) is 0 Å². The Morgan fingerprint density at radius 2 is 1.68 bits per heavy atom. The van der Waals surface area contributed by atoms with Crippen molar-refractivity contribution in [3.63, 3.8) is 0 Å². The van der Waals surface area contributed by atoms with Gasteiger partial charge in [-0.1, -0.05) is 67.6 Å². The zero-order chi connectivity index (χ0) is 14.9. The predicted octanol–water partition coefficient (Wildman–Crippen LogP) is 4.97. The van der Waals surface area contributed by atoms with Crippen molar-refractivity contribution < 1.29 is 4.74 Å². The van der Waals surface area contributed by atoms with E-state index in [0.717, 1.165) is 12.2 Å². The number of benzene rings is 3. The first-order valence-electron chi connectivity index (χ1n) is 7.86. The molecule has 0 saturated heterocycles. The Bertz CT molecular complexity index is 797. The molecule has 1 aliphatic heterocycles. The van der Waals surface area contributed by atoms with Crippen molar-refractivity contribution in [2.45, 2.75) is 25.6 Å². The van der Waals surface area contributed by atoms with Gasteiger partial charge in [0.2, 0.25) is 0 Å². The van der Waals surface area contributed by atoms with Crippen molar-refractivity contribution in [2.75, 3.05) is 0 Å². The van der Waals surface area contributed by atoms with Gasteiger partial charge < -0.3 is 4.74 Å². The lowest BCUT2D eigenvalue weighted by atomic mass is 9.94. The van der Waals surface area contributed by atoms with E-state index in [2.05, 4.69) is 72.9 Å². The highest BCUT2D eigenvalue weighted by molar-refractivity contribution is 5.88. The van der Waals surface area contributed by atoms with Gasteiger partial charge in [-0.2, -0.15) is 0 Å². The van der Waals surface area contributed by atoms with Gasteiger partial charge in [-0.15, -0.1) is 0 Å². The molecule has 0 aromatic heterocycles. The summed E-state index contributed by atoms with van der Waals surface area (Å²) in [6, 6.07) is 23.4. The van der Waals surface area contributed by atoms with E-state index in [4.69, 9.17) is 4.74 Å². The van der Waals surface area contributed by atoms with Gasteiger partial charge in [0.1, 0.15) is 5.75 Å². The fraction of sp³-hybridized carbons (Fsp3) is 0.200. The van der Waals surface area contributed by atoms with Crippen LogP contribution >= 0.6 is 0 Å². The number of hydrogen-bond donors (Lipinski definition) is 1. The molecule has 1 aliphatic rings. The van der Waals surface area contributed by atoms with Crippen LogP contribution in [0.15, 0.2) is 66.7 Å². The van der Waals surface area contributed by atoms with Crippen molar-refractivity contribution in [1.29, 1.82) is 0 Å². The maximum Gasteiger partial charge on any atom is 0.177 e. The van der Waals surface area contributed by atoms with E-state index in [1.165, 1.54) is 21.9 Å². The molecule has 0 amide bonds. The lowest BCUT2D eigenvalue weighted by Crippen LogP contribution is -2.34. The largest absolute Gasteiger partial charge is 0.471 e. The Hall–Kier alpha value is -2.32. The van der Waals surface area contributed by atoms with Gasteiger partial charge in [-0.3, -0.25) is 5.32 Å². The molecule has 3 aromatic rings. The molecule has 4 rings (SSSR count). The molecular formula is C20H19NO. The molecule has 0 fully saturated rings. The maximum absolute atomic E-state index is 6.25. The molecule has 3 aromatic carbocycles. The Kier molecular flexibility index (Phi) is 3.32. The maximum atomic E-state index is 6.25. The number of rotatable bonds is 2. The molecule has 2 nitrogen and oxygen atoms in total. The summed E-state index contributed by atoms with van der Waals surface area (Å²) >= 11 is 0. The average molecular weight is 289 g/mol. The van der Waals surface area contributed by atoms with Crippen molar-refractivity contribution in [3.05, 3.63) is 77.9 Å². The minimum atomic E-state index is -0.0835. The van der Waals surface area contributed by atoms with E-state index < -0.39 is 0 Å². The van der Waals surface area contributed by atoms with Gasteiger partial charge in [-0.05, 0) is 23.3 Å². The molecule has 0 radical (unpaired) electrons. The summed E-state index contributed by atoms with van der Waals surface area (Å²) in [5.41, 5.74) is 2.45. The smallest absolute Gasteiger partial charge is 0.177 e. The topological polar surface area (TPSA) is 21.3 Å². The quantitative estimate of drug-likeness (QED) is 0.719. The van der Waals surface area contributed by atoms with Crippen LogP contribution in [0, 0.1) is 0 Å². The van der Waals surface area contributed by atoms with Crippen LogP contribution in [0.1, 0.15) is 36.7 Å².